The van der Waals surface area contributed by atoms with Crippen LogP contribution in [0.2, 0.25) is 5.02 Å². The van der Waals surface area contributed by atoms with Crippen molar-refractivity contribution in [3.8, 4) is 0 Å². The summed E-state index contributed by atoms with van der Waals surface area (Å²) >= 11 is 10.8. The largest absolute Gasteiger partial charge is 0.389 e. The van der Waals surface area contributed by atoms with Crippen LogP contribution in [-0.4, -0.2) is 46.5 Å². The summed E-state index contributed by atoms with van der Waals surface area (Å²) < 4.78 is 37.7. The Bertz CT molecular complexity index is 665. The minimum Gasteiger partial charge on any atom is -0.389 e. The van der Waals surface area contributed by atoms with Crippen molar-refractivity contribution in [2.24, 2.45) is 5.73 Å². The smallest absolute Gasteiger partial charge is 0.244 e. The molecule has 0 aromatic heterocycles. The number of nitrogens with zero attached hydrogens (tertiary/aromatic N) is 1. The lowest BCUT2D eigenvalue weighted by Gasteiger charge is -2.26. The van der Waals surface area contributed by atoms with Crippen LogP contribution in [0, 0.1) is 0 Å². The summed E-state index contributed by atoms with van der Waals surface area (Å²) in [5.41, 5.74) is 5.96. The van der Waals surface area contributed by atoms with Crippen LogP contribution in [0.5, 0.6) is 0 Å². The van der Waals surface area contributed by atoms with Gasteiger partial charge >= 0.3 is 0 Å². The lowest BCUT2D eigenvalue weighted by Crippen LogP contribution is -2.41. The quantitative estimate of drug-likeness (QED) is 0.811. The molecule has 1 saturated heterocycles. The Morgan fingerprint density at radius 1 is 1.35 bits per heavy atom. The van der Waals surface area contributed by atoms with Gasteiger partial charge in [0.2, 0.25) is 10.0 Å². The van der Waals surface area contributed by atoms with Crippen molar-refractivity contribution >= 4 is 49.6 Å². The molecule has 1 heterocycles. The summed E-state index contributed by atoms with van der Waals surface area (Å²) in [5.74, 6) is 0.678. The fraction of sp³-hybridized carbons (Fsp3) is 0.364. The fourth-order valence-corrected chi connectivity index (χ4v) is 5.21. The molecule has 0 atom stereocenters. The Hall–Kier alpha value is -0.540. The number of rotatable bonds is 3. The van der Waals surface area contributed by atoms with Crippen LogP contribution in [0.25, 0.3) is 0 Å². The zero-order chi connectivity index (χ0) is 14.9. The molecular weight excluding hydrogens is 340 g/mol. The second-order valence-corrected chi connectivity index (χ2v) is 8.71. The minimum atomic E-state index is -3.72. The first-order valence-electron chi connectivity index (χ1n) is 5.77. The van der Waals surface area contributed by atoms with Crippen LogP contribution < -0.4 is 5.73 Å². The first-order chi connectivity index (χ1) is 9.32. The maximum Gasteiger partial charge on any atom is 0.244 e. The molecule has 0 aliphatic carbocycles. The predicted molar refractivity (Wildman–Crippen MR) is 84.0 cm³/mol. The monoisotopic (exact) mass is 352 g/mol. The van der Waals surface area contributed by atoms with E-state index < -0.39 is 20.8 Å². The number of benzene rings is 1. The molecule has 2 N–H and O–H groups in total. The topological polar surface area (TPSA) is 80.5 Å². The SMILES string of the molecule is NC(=S)c1ccc(Cl)c(S(=O)(=O)N2CCS(=O)CC2)c1. The van der Waals surface area contributed by atoms with Gasteiger partial charge in [-0.25, -0.2) is 8.42 Å². The molecule has 0 bridgehead atoms. The normalized spacial score (nSPS) is 18.1. The summed E-state index contributed by atoms with van der Waals surface area (Å²) in [5, 5.41) is 0.122. The summed E-state index contributed by atoms with van der Waals surface area (Å²) in [6.45, 7) is 0.450. The Kier molecular flexibility index (Phi) is 4.80. The number of sulfonamides is 1. The van der Waals surface area contributed by atoms with Crippen LogP contribution in [-0.2, 0) is 20.8 Å². The molecule has 2 rings (SSSR count). The molecule has 20 heavy (non-hydrogen) atoms. The first kappa shape index (κ1) is 15.8. The van der Waals surface area contributed by atoms with Crippen molar-refractivity contribution in [2.45, 2.75) is 4.90 Å². The van der Waals surface area contributed by atoms with E-state index in [2.05, 4.69) is 0 Å². The van der Waals surface area contributed by atoms with Gasteiger partial charge in [-0.15, -0.1) is 0 Å². The molecule has 0 saturated carbocycles. The molecule has 1 aliphatic heterocycles. The molecule has 0 unspecified atom stereocenters. The Balaban J connectivity index is 2.41. The fourth-order valence-electron chi connectivity index (χ4n) is 1.85. The van der Waals surface area contributed by atoms with Gasteiger partial charge in [0.25, 0.3) is 0 Å². The molecule has 0 spiro atoms. The summed E-state index contributed by atoms with van der Waals surface area (Å²) in [6.07, 6.45) is 0. The van der Waals surface area contributed by atoms with Gasteiger partial charge in [-0.3, -0.25) is 4.21 Å². The third-order valence-electron chi connectivity index (χ3n) is 2.97. The Morgan fingerprint density at radius 3 is 2.50 bits per heavy atom. The second-order valence-electron chi connectivity index (χ2n) is 4.26. The van der Waals surface area contributed by atoms with E-state index in [0.29, 0.717) is 17.1 Å². The average Bonchev–Trinajstić information content (AvgIpc) is 2.39. The third kappa shape index (κ3) is 3.20. The van der Waals surface area contributed by atoms with Crippen LogP contribution >= 0.6 is 23.8 Å². The highest BCUT2D eigenvalue weighted by Crippen LogP contribution is 2.26. The minimum absolute atomic E-state index is 0.0165. The van der Waals surface area contributed by atoms with Crippen LogP contribution in [0.1, 0.15) is 5.56 Å². The molecule has 0 radical (unpaired) electrons. The molecule has 5 nitrogen and oxygen atoms in total. The van der Waals surface area contributed by atoms with E-state index in [1.54, 1.807) is 6.07 Å². The molecule has 1 aromatic rings. The Morgan fingerprint density at radius 2 is 1.95 bits per heavy atom. The Labute approximate surface area is 130 Å². The lowest BCUT2D eigenvalue weighted by atomic mass is 10.2. The number of thiocarbonyl (C=S) groups is 1. The summed E-state index contributed by atoms with van der Waals surface area (Å²) in [6, 6.07) is 4.42. The number of hydrogen-bond donors (Lipinski definition) is 1. The standard InChI is InChI=1S/C11H13ClN2O3S3/c12-9-2-1-8(11(13)18)7-10(9)20(16,17)14-3-5-19(15)6-4-14/h1-2,7H,3-6H2,(H2,13,18). The predicted octanol–water partition coefficient (Wildman–Crippen LogP) is 0.727. The number of hydrogen-bond acceptors (Lipinski definition) is 4. The van der Waals surface area contributed by atoms with Crippen molar-refractivity contribution in [2.75, 3.05) is 24.6 Å². The molecule has 9 heteroatoms. The second kappa shape index (κ2) is 6.07. The van der Waals surface area contributed by atoms with E-state index in [1.165, 1.54) is 16.4 Å². The van der Waals surface area contributed by atoms with Gasteiger partial charge in [0.15, 0.2) is 0 Å². The molecular formula is C11H13ClN2O3S3. The molecule has 1 aromatic carbocycles. The number of halogens is 1. The van der Waals surface area contributed by atoms with Gasteiger partial charge in [0, 0.05) is 41.0 Å². The van der Waals surface area contributed by atoms with Crippen LogP contribution in [0.15, 0.2) is 23.1 Å². The van der Waals surface area contributed by atoms with Crippen molar-refractivity contribution in [3.63, 3.8) is 0 Å². The first-order valence-corrected chi connectivity index (χ1v) is 9.48. The van der Waals surface area contributed by atoms with E-state index in [1.807, 2.05) is 0 Å². The zero-order valence-electron chi connectivity index (χ0n) is 10.4. The van der Waals surface area contributed by atoms with E-state index in [-0.39, 0.29) is 28.0 Å². The van der Waals surface area contributed by atoms with Crippen molar-refractivity contribution in [1.82, 2.24) is 4.31 Å². The molecule has 0 amide bonds. The van der Waals surface area contributed by atoms with Crippen molar-refractivity contribution in [3.05, 3.63) is 28.8 Å². The summed E-state index contributed by atoms with van der Waals surface area (Å²) in [7, 11) is -4.67. The third-order valence-corrected chi connectivity index (χ3v) is 6.86. The highest BCUT2D eigenvalue weighted by molar-refractivity contribution is 7.89. The highest BCUT2D eigenvalue weighted by atomic mass is 35.5. The van der Waals surface area contributed by atoms with E-state index in [9.17, 15) is 12.6 Å². The highest BCUT2D eigenvalue weighted by Gasteiger charge is 2.30. The van der Waals surface area contributed by atoms with Gasteiger partial charge in [0.1, 0.15) is 9.88 Å². The maximum atomic E-state index is 12.5. The van der Waals surface area contributed by atoms with E-state index in [0.717, 1.165) is 0 Å². The zero-order valence-corrected chi connectivity index (χ0v) is 13.6. The van der Waals surface area contributed by atoms with Crippen LogP contribution in [0.3, 0.4) is 0 Å². The average molecular weight is 353 g/mol. The van der Waals surface area contributed by atoms with Crippen LogP contribution in [0.4, 0.5) is 0 Å². The van der Waals surface area contributed by atoms with Crippen molar-refractivity contribution in [1.29, 1.82) is 0 Å². The van der Waals surface area contributed by atoms with Gasteiger partial charge in [-0.05, 0) is 12.1 Å². The number of nitrogens with two attached hydrogens (primary N) is 1. The van der Waals surface area contributed by atoms with Crippen molar-refractivity contribution < 1.29 is 12.6 Å². The van der Waals surface area contributed by atoms with Gasteiger partial charge in [0.05, 0.1) is 5.02 Å². The van der Waals surface area contributed by atoms with Gasteiger partial charge < -0.3 is 5.73 Å². The maximum absolute atomic E-state index is 12.5. The molecule has 1 fully saturated rings. The molecule has 1 aliphatic rings. The van der Waals surface area contributed by atoms with Gasteiger partial charge in [-0.2, -0.15) is 4.31 Å². The van der Waals surface area contributed by atoms with Gasteiger partial charge in [-0.1, -0.05) is 29.9 Å². The van der Waals surface area contributed by atoms with E-state index >= 15 is 0 Å². The van der Waals surface area contributed by atoms with E-state index in [4.69, 9.17) is 29.6 Å². The molecule has 110 valence electrons. The lowest BCUT2D eigenvalue weighted by molar-refractivity contribution is 0.439. The summed E-state index contributed by atoms with van der Waals surface area (Å²) in [4.78, 5) is 0.0926.